The van der Waals surface area contributed by atoms with Crippen LogP contribution in [0.3, 0.4) is 0 Å². The molecule has 1 aromatic heterocycles. The van der Waals surface area contributed by atoms with Gasteiger partial charge < -0.3 is 25.8 Å². The largest absolute Gasteiger partial charge is 0.388 e. The standard InChI is InChI=1S/C26H36FN5/c1-6-21(23-17-22(27)8-9-24(23)28-5)16-25-18(2)26(20(4)31-25)19(3)30-10-7-13-32-14-11-29-12-15-32/h6,8-9,16-17,28-31H,1,3,7,10-15H2,2,4-5H3/b21-16+. The second kappa shape index (κ2) is 11.2. The molecule has 2 heterocycles. The van der Waals surface area contributed by atoms with Gasteiger partial charge in [0.25, 0.3) is 0 Å². The number of aromatic amines is 1. The number of halogens is 1. The minimum atomic E-state index is -0.273. The smallest absolute Gasteiger partial charge is 0.123 e. The van der Waals surface area contributed by atoms with Crippen LogP contribution in [0.15, 0.2) is 37.4 Å². The van der Waals surface area contributed by atoms with E-state index in [9.17, 15) is 4.39 Å². The average molecular weight is 438 g/mol. The first-order chi connectivity index (χ1) is 15.4. The fourth-order valence-electron chi connectivity index (χ4n) is 4.31. The van der Waals surface area contributed by atoms with Crippen molar-refractivity contribution >= 4 is 23.0 Å². The summed E-state index contributed by atoms with van der Waals surface area (Å²) >= 11 is 0. The van der Waals surface area contributed by atoms with Crippen LogP contribution in [0.4, 0.5) is 10.1 Å². The lowest BCUT2D eigenvalue weighted by atomic mass is 10.0. The summed E-state index contributed by atoms with van der Waals surface area (Å²) in [6, 6.07) is 4.73. The van der Waals surface area contributed by atoms with Crippen LogP contribution in [0.5, 0.6) is 0 Å². The van der Waals surface area contributed by atoms with E-state index in [0.29, 0.717) is 0 Å². The van der Waals surface area contributed by atoms with Crippen molar-refractivity contribution in [2.75, 3.05) is 51.6 Å². The molecule has 1 fully saturated rings. The molecule has 0 bridgehead atoms. The highest BCUT2D eigenvalue weighted by molar-refractivity contribution is 5.92. The molecule has 1 aromatic carbocycles. The molecule has 2 aromatic rings. The first-order valence-electron chi connectivity index (χ1n) is 11.3. The number of hydrogen-bond donors (Lipinski definition) is 4. The predicted molar refractivity (Wildman–Crippen MR) is 135 cm³/mol. The molecule has 0 saturated carbocycles. The van der Waals surface area contributed by atoms with Gasteiger partial charge in [-0.2, -0.15) is 0 Å². The van der Waals surface area contributed by atoms with Gasteiger partial charge in [0.15, 0.2) is 0 Å². The van der Waals surface area contributed by atoms with Crippen molar-refractivity contribution in [3.05, 3.63) is 71.3 Å². The third kappa shape index (κ3) is 5.69. The van der Waals surface area contributed by atoms with Crippen LogP contribution in [-0.2, 0) is 0 Å². The molecule has 0 spiro atoms. The highest BCUT2D eigenvalue weighted by atomic mass is 19.1. The molecule has 1 aliphatic rings. The molecule has 0 amide bonds. The maximum Gasteiger partial charge on any atom is 0.123 e. The molecular weight excluding hydrogens is 401 g/mol. The molecule has 1 saturated heterocycles. The lowest BCUT2D eigenvalue weighted by molar-refractivity contribution is 0.239. The lowest BCUT2D eigenvalue weighted by Crippen LogP contribution is -2.44. The van der Waals surface area contributed by atoms with E-state index in [1.54, 1.807) is 12.1 Å². The van der Waals surface area contributed by atoms with Crippen molar-refractivity contribution in [3.63, 3.8) is 0 Å². The Morgan fingerprint density at radius 2 is 2.00 bits per heavy atom. The van der Waals surface area contributed by atoms with Gasteiger partial charge in [-0.1, -0.05) is 19.2 Å². The van der Waals surface area contributed by atoms with Crippen molar-refractivity contribution in [2.24, 2.45) is 0 Å². The first kappa shape index (κ1) is 23.8. The summed E-state index contributed by atoms with van der Waals surface area (Å²) in [5.74, 6) is -0.273. The van der Waals surface area contributed by atoms with Crippen LogP contribution in [0.25, 0.3) is 17.3 Å². The zero-order valence-electron chi connectivity index (χ0n) is 19.6. The third-order valence-corrected chi connectivity index (χ3v) is 6.06. The number of H-pyrrole nitrogens is 1. The minimum Gasteiger partial charge on any atom is -0.388 e. The number of piperazine rings is 1. The Labute approximate surface area is 191 Å². The molecular formula is C26H36FN5. The average Bonchev–Trinajstić information content (AvgIpc) is 3.08. The van der Waals surface area contributed by atoms with E-state index in [1.807, 2.05) is 13.1 Å². The van der Waals surface area contributed by atoms with Gasteiger partial charge in [-0.05, 0) is 62.2 Å². The fraction of sp³-hybridized carbons (Fsp3) is 0.385. The first-order valence-corrected chi connectivity index (χ1v) is 11.3. The summed E-state index contributed by atoms with van der Waals surface area (Å²) in [5.41, 5.74) is 7.67. The Morgan fingerprint density at radius 1 is 1.25 bits per heavy atom. The van der Waals surface area contributed by atoms with Gasteiger partial charge >= 0.3 is 0 Å². The van der Waals surface area contributed by atoms with Crippen LogP contribution in [-0.4, -0.2) is 56.2 Å². The van der Waals surface area contributed by atoms with Crippen molar-refractivity contribution in [1.29, 1.82) is 0 Å². The third-order valence-electron chi connectivity index (χ3n) is 6.06. The number of anilines is 1. The number of rotatable bonds is 10. The van der Waals surface area contributed by atoms with Crippen LogP contribution >= 0.6 is 0 Å². The molecule has 0 atom stereocenters. The molecule has 1 aliphatic heterocycles. The number of hydrogen-bond acceptors (Lipinski definition) is 4. The van der Waals surface area contributed by atoms with Crippen molar-refractivity contribution in [3.8, 4) is 0 Å². The summed E-state index contributed by atoms with van der Waals surface area (Å²) in [5, 5.41) is 10.0. The minimum absolute atomic E-state index is 0.273. The Kier molecular flexibility index (Phi) is 8.31. The van der Waals surface area contributed by atoms with Crippen LogP contribution in [0.2, 0.25) is 0 Å². The summed E-state index contributed by atoms with van der Waals surface area (Å²) in [6.45, 7) is 18.8. The van der Waals surface area contributed by atoms with E-state index < -0.39 is 0 Å². The van der Waals surface area contributed by atoms with E-state index in [4.69, 9.17) is 0 Å². The summed E-state index contributed by atoms with van der Waals surface area (Å²) < 4.78 is 13.9. The maximum atomic E-state index is 13.9. The quantitative estimate of drug-likeness (QED) is 0.329. The molecule has 0 radical (unpaired) electrons. The molecule has 0 unspecified atom stereocenters. The Hall–Kier alpha value is -2.83. The van der Waals surface area contributed by atoms with Crippen LogP contribution in [0, 0.1) is 19.7 Å². The molecule has 3 rings (SSSR count). The summed E-state index contributed by atoms with van der Waals surface area (Å²) in [4.78, 5) is 5.97. The highest BCUT2D eigenvalue weighted by Gasteiger charge is 2.15. The predicted octanol–water partition coefficient (Wildman–Crippen LogP) is 4.39. The number of aromatic nitrogens is 1. The lowest BCUT2D eigenvalue weighted by Gasteiger charge is -2.27. The van der Waals surface area contributed by atoms with Gasteiger partial charge in [0.2, 0.25) is 0 Å². The monoisotopic (exact) mass is 437 g/mol. The van der Waals surface area contributed by atoms with E-state index in [2.05, 4.69) is 52.8 Å². The van der Waals surface area contributed by atoms with Crippen molar-refractivity contribution in [1.82, 2.24) is 20.5 Å². The number of allylic oxidation sites excluding steroid dienone is 2. The number of nitrogens with zero attached hydrogens (tertiary/aromatic N) is 1. The van der Waals surface area contributed by atoms with E-state index in [-0.39, 0.29) is 5.82 Å². The van der Waals surface area contributed by atoms with Crippen LogP contribution < -0.4 is 16.0 Å². The second-order valence-electron chi connectivity index (χ2n) is 8.26. The highest BCUT2D eigenvalue weighted by Crippen LogP contribution is 2.30. The summed E-state index contributed by atoms with van der Waals surface area (Å²) in [7, 11) is 1.83. The van der Waals surface area contributed by atoms with Gasteiger partial charge in [-0.15, -0.1) is 0 Å². The van der Waals surface area contributed by atoms with Crippen molar-refractivity contribution < 1.29 is 4.39 Å². The Bertz CT molecular complexity index is 982. The topological polar surface area (TPSA) is 55.1 Å². The zero-order valence-corrected chi connectivity index (χ0v) is 19.6. The van der Waals surface area contributed by atoms with E-state index >= 15 is 0 Å². The molecule has 5 nitrogen and oxygen atoms in total. The van der Waals surface area contributed by atoms with Gasteiger partial charge in [-0.3, -0.25) is 0 Å². The molecule has 32 heavy (non-hydrogen) atoms. The SMILES string of the molecule is C=C/C(=C\c1[nH]c(C)c(C(=C)NCCCN2CCNCC2)c1C)c1cc(F)ccc1NC. The van der Waals surface area contributed by atoms with E-state index in [1.165, 1.54) is 12.1 Å². The Morgan fingerprint density at radius 3 is 2.69 bits per heavy atom. The van der Waals surface area contributed by atoms with Gasteiger partial charge in [0, 0.05) is 73.7 Å². The number of benzene rings is 1. The maximum absolute atomic E-state index is 13.9. The van der Waals surface area contributed by atoms with Crippen molar-refractivity contribution in [2.45, 2.75) is 20.3 Å². The van der Waals surface area contributed by atoms with E-state index in [0.717, 1.165) is 90.7 Å². The second-order valence-corrected chi connectivity index (χ2v) is 8.26. The molecule has 6 heteroatoms. The zero-order chi connectivity index (χ0) is 23.1. The molecule has 172 valence electrons. The Balaban J connectivity index is 1.72. The number of aryl methyl sites for hydroxylation is 1. The molecule has 4 N–H and O–H groups in total. The van der Waals surface area contributed by atoms with Gasteiger partial charge in [-0.25, -0.2) is 4.39 Å². The summed E-state index contributed by atoms with van der Waals surface area (Å²) in [6.07, 6.45) is 4.86. The van der Waals surface area contributed by atoms with Crippen LogP contribution in [0.1, 0.15) is 34.5 Å². The normalized spacial score (nSPS) is 14.9. The molecule has 0 aliphatic carbocycles. The van der Waals surface area contributed by atoms with Gasteiger partial charge in [0.05, 0.1) is 0 Å². The fourth-order valence-corrected chi connectivity index (χ4v) is 4.31. The van der Waals surface area contributed by atoms with Gasteiger partial charge in [0.1, 0.15) is 5.82 Å². The number of nitrogens with one attached hydrogen (secondary N) is 4.